The summed E-state index contributed by atoms with van der Waals surface area (Å²) in [6, 6.07) is 0. The maximum atomic E-state index is 5.88. The summed E-state index contributed by atoms with van der Waals surface area (Å²) in [5, 5.41) is 0. The first-order valence-corrected chi connectivity index (χ1v) is 9.46. The van der Waals surface area contributed by atoms with Gasteiger partial charge in [-0.2, -0.15) is 4.52 Å². The largest absolute Gasteiger partial charge is 0.414 e. The molecule has 1 rings (SSSR count). The van der Waals surface area contributed by atoms with E-state index in [2.05, 4.69) is 6.92 Å². The van der Waals surface area contributed by atoms with Crippen molar-refractivity contribution in [1.29, 1.82) is 0 Å². The molecule has 0 saturated heterocycles. The van der Waals surface area contributed by atoms with Crippen molar-refractivity contribution >= 4 is 29.3 Å². The van der Waals surface area contributed by atoms with Crippen LogP contribution in [0.4, 0.5) is 0 Å². The van der Waals surface area contributed by atoms with Crippen LogP contribution in [0.15, 0.2) is 0 Å². The van der Waals surface area contributed by atoms with Gasteiger partial charge in [0.2, 0.25) is 11.8 Å². The quantitative estimate of drug-likeness (QED) is 0.502. The lowest BCUT2D eigenvalue weighted by Crippen LogP contribution is -2.12. The van der Waals surface area contributed by atoms with Crippen molar-refractivity contribution < 1.29 is 4.52 Å². The van der Waals surface area contributed by atoms with Crippen molar-refractivity contribution in [3.8, 4) is 0 Å². The molecule has 0 spiro atoms. The summed E-state index contributed by atoms with van der Waals surface area (Å²) in [4.78, 5) is 0. The van der Waals surface area contributed by atoms with Crippen molar-refractivity contribution in [2.24, 2.45) is 0 Å². The molecule has 0 radical (unpaired) electrons. The van der Waals surface area contributed by atoms with E-state index in [0.717, 1.165) is 0 Å². The smallest absolute Gasteiger partial charge is 0.155 e. The summed E-state index contributed by atoms with van der Waals surface area (Å²) in [7, 11) is 0. The molecule has 0 aromatic carbocycles. The first-order chi connectivity index (χ1) is 6.83. The molecule has 1 saturated carbocycles. The fourth-order valence-corrected chi connectivity index (χ4v) is 5.11. The van der Waals surface area contributed by atoms with E-state index in [-0.39, 0.29) is 0 Å². The van der Waals surface area contributed by atoms with Crippen molar-refractivity contribution in [2.45, 2.75) is 58.0 Å². The van der Waals surface area contributed by atoms with E-state index in [4.69, 9.17) is 16.3 Å². The molecule has 1 aliphatic rings. The van der Waals surface area contributed by atoms with Crippen molar-refractivity contribution in [3.63, 3.8) is 0 Å². The van der Waals surface area contributed by atoms with Gasteiger partial charge in [-0.25, -0.2) is 0 Å². The van der Waals surface area contributed by atoms with Gasteiger partial charge in [0.15, 0.2) is 0 Å². The summed E-state index contributed by atoms with van der Waals surface area (Å²) >= 11 is 7.19. The van der Waals surface area contributed by atoms with Crippen LogP contribution in [0, 0.1) is 0 Å². The average molecular weight is 251 g/mol. The second-order valence-electron chi connectivity index (χ2n) is 3.78. The second-order valence-corrected chi connectivity index (χ2v) is 8.56. The highest BCUT2D eigenvalue weighted by Crippen LogP contribution is 2.43. The predicted molar refractivity (Wildman–Crippen MR) is 69.6 cm³/mol. The van der Waals surface area contributed by atoms with Crippen LogP contribution < -0.4 is 0 Å². The first-order valence-electron chi connectivity index (χ1n) is 5.60. The molecule has 0 N–H and O–H groups in total. The normalized spacial score (nSPS) is 19.6. The second kappa shape index (κ2) is 8.04. The molecule has 14 heavy (non-hydrogen) atoms. The van der Waals surface area contributed by atoms with E-state index >= 15 is 0 Å². The molecule has 1 nitrogen and oxygen atoms in total. The molecule has 0 bridgehead atoms. The molecule has 1 atom stereocenters. The third-order valence-corrected chi connectivity index (χ3v) is 6.28. The van der Waals surface area contributed by atoms with Gasteiger partial charge < -0.3 is 0 Å². The highest BCUT2D eigenvalue weighted by atomic mass is 32.9. The topological polar surface area (TPSA) is 9.23 Å². The molecule has 1 unspecified atom stereocenters. The van der Waals surface area contributed by atoms with Gasteiger partial charge in [0.25, 0.3) is 0 Å². The highest BCUT2D eigenvalue weighted by Gasteiger charge is 2.23. The molecule has 82 valence electrons. The Hall–Kier alpha value is 0.830. The Balaban J connectivity index is 2.06. The van der Waals surface area contributed by atoms with Crippen molar-refractivity contribution in [1.82, 2.24) is 0 Å². The minimum absolute atomic E-state index is 0.487. The summed E-state index contributed by atoms with van der Waals surface area (Å²) in [6.07, 6.45) is 8.94. The van der Waals surface area contributed by atoms with Gasteiger partial charge in [0, 0.05) is 5.75 Å². The maximum Gasteiger partial charge on any atom is 0.414 e. The number of unbranched alkanes of at least 4 members (excludes halogenated alkanes) is 1. The van der Waals surface area contributed by atoms with Crippen LogP contribution in [0.1, 0.15) is 51.9 Å². The fraction of sp³-hybridized carbons (Fsp3) is 1.00. The zero-order valence-corrected chi connectivity index (χ0v) is 11.4. The van der Waals surface area contributed by atoms with Gasteiger partial charge >= 0.3 is 6.13 Å². The number of hydrogen-bond donors (Lipinski definition) is 0. The van der Waals surface area contributed by atoms with Crippen LogP contribution in [0.25, 0.3) is 0 Å². The molecule has 0 aromatic heterocycles. The minimum Gasteiger partial charge on any atom is -0.155 e. The summed E-state index contributed by atoms with van der Waals surface area (Å²) in [5.41, 5.74) is 0. The van der Waals surface area contributed by atoms with Crippen LogP contribution in [-0.2, 0) is 16.3 Å². The van der Waals surface area contributed by atoms with Gasteiger partial charge in [-0.1, -0.05) is 32.6 Å². The Morgan fingerprint density at radius 3 is 2.71 bits per heavy atom. The number of rotatable bonds is 6. The standard InChI is InChI=1S/C10H20OPS2/c1-2-3-9-14-12(13)11-10-7-5-4-6-8-10/h10H,2-9H2,1H3/q+1. The third kappa shape index (κ3) is 5.65. The van der Waals surface area contributed by atoms with E-state index in [1.807, 2.05) is 11.4 Å². The van der Waals surface area contributed by atoms with E-state index in [1.165, 1.54) is 50.7 Å². The van der Waals surface area contributed by atoms with Crippen molar-refractivity contribution in [2.75, 3.05) is 5.75 Å². The Kier molecular flexibility index (Phi) is 7.40. The van der Waals surface area contributed by atoms with Crippen LogP contribution >= 0.6 is 17.5 Å². The first kappa shape index (κ1) is 12.9. The van der Waals surface area contributed by atoms with Crippen molar-refractivity contribution in [3.05, 3.63) is 0 Å². The predicted octanol–water partition coefficient (Wildman–Crippen LogP) is 4.64. The van der Waals surface area contributed by atoms with Crippen LogP contribution in [0.5, 0.6) is 0 Å². The SMILES string of the molecule is CCCCS[P+](=S)OC1CCCCC1. The van der Waals surface area contributed by atoms with E-state index in [0.29, 0.717) is 6.10 Å². The molecule has 0 aliphatic heterocycles. The van der Waals surface area contributed by atoms with Gasteiger partial charge in [-0.15, -0.1) is 0 Å². The van der Waals surface area contributed by atoms with Gasteiger partial charge in [0.1, 0.15) is 17.5 Å². The molecular formula is C10H20OPS2+. The molecule has 4 heteroatoms. The van der Waals surface area contributed by atoms with Crippen LogP contribution in [0.2, 0.25) is 0 Å². The van der Waals surface area contributed by atoms with Gasteiger partial charge in [-0.05, 0) is 19.3 Å². The Bertz CT molecular complexity index is 170. The summed E-state index contributed by atoms with van der Waals surface area (Å²) < 4.78 is 5.88. The third-order valence-electron chi connectivity index (χ3n) is 2.48. The lowest BCUT2D eigenvalue weighted by molar-refractivity contribution is 0.181. The minimum atomic E-state index is -0.615. The Morgan fingerprint density at radius 2 is 2.07 bits per heavy atom. The van der Waals surface area contributed by atoms with Gasteiger partial charge in [-0.3, -0.25) is 0 Å². The maximum absolute atomic E-state index is 5.88. The van der Waals surface area contributed by atoms with Crippen LogP contribution in [-0.4, -0.2) is 11.9 Å². The molecule has 1 aliphatic carbocycles. The lowest BCUT2D eigenvalue weighted by Gasteiger charge is -2.16. The molecule has 0 heterocycles. The Labute approximate surface area is 97.6 Å². The van der Waals surface area contributed by atoms with Crippen LogP contribution in [0.3, 0.4) is 0 Å². The number of hydrogen-bond acceptors (Lipinski definition) is 3. The monoisotopic (exact) mass is 251 g/mol. The Morgan fingerprint density at radius 1 is 1.36 bits per heavy atom. The summed E-state index contributed by atoms with van der Waals surface area (Å²) in [5.74, 6) is 1.18. The fourth-order valence-electron chi connectivity index (χ4n) is 1.61. The highest BCUT2D eigenvalue weighted by molar-refractivity contribution is 8.62. The van der Waals surface area contributed by atoms with E-state index in [9.17, 15) is 0 Å². The van der Waals surface area contributed by atoms with Gasteiger partial charge in [0.05, 0.1) is 0 Å². The molecular weight excluding hydrogens is 231 g/mol. The lowest BCUT2D eigenvalue weighted by atomic mass is 9.98. The van der Waals surface area contributed by atoms with E-state index < -0.39 is 6.13 Å². The molecule has 0 aromatic rings. The zero-order chi connectivity index (χ0) is 10.2. The zero-order valence-electron chi connectivity index (χ0n) is 8.91. The van der Waals surface area contributed by atoms with E-state index in [1.54, 1.807) is 0 Å². The molecule has 0 amide bonds. The average Bonchev–Trinajstić information content (AvgIpc) is 2.20. The molecule has 1 fully saturated rings. The summed E-state index contributed by atoms with van der Waals surface area (Å²) in [6.45, 7) is 2.22.